The zero-order valence-corrected chi connectivity index (χ0v) is 23.1. The predicted octanol–water partition coefficient (Wildman–Crippen LogP) is 3.71. The molecule has 41 heavy (non-hydrogen) atoms. The molecule has 2 aliphatic heterocycles. The molecule has 216 valence electrons. The number of non-ortho nitro benzene ring substituents is 1. The van der Waals surface area contributed by atoms with Gasteiger partial charge in [-0.1, -0.05) is 54.7 Å². The molecule has 4 rings (SSSR count). The molecular formula is C28H30N4O8S. The molecule has 0 aromatic heterocycles. The van der Waals surface area contributed by atoms with Crippen LogP contribution >= 0.6 is 11.8 Å². The quantitative estimate of drug-likeness (QED) is 0.259. The number of benzene rings is 2. The van der Waals surface area contributed by atoms with Gasteiger partial charge in [-0.3, -0.25) is 24.6 Å². The smallest absolute Gasteiger partial charge is 0.410 e. The van der Waals surface area contributed by atoms with Crippen molar-refractivity contribution in [2.45, 2.75) is 24.3 Å². The van der Waals surface area contributed by atoms with Gasteiger partial charge in [-0.25, -0.2) is 9.59 Å². The summed E-state index contributed by atoms with van der Waals surface area (Å²) in [7, 11) is 0. The number of ether oxygens (including phenoxy) is 2. The van der Waals surface area contributed by atoms with E-state index in [9.17, 15) is 29.3 Å². The van der Waals surface area contributed by atoms with Gasteiger partial charge in [0.25, 0.3) is 5.69 Å². The molecule has 0 saturated carbocycles. The SMILES string of the molecule is C=CCOC(=O)N1CCN(C(=O)[C@@H]2C[C@H](SC(=O)c3ccccc3)CN2C(=O)OCc2ccc([N+](=O)[O-])cc2)CC1. The van der Waals surface area contributed by atoms with Crippen LogP contribution in [0.5, 0.6) is 0 Å². The molecule has 2 fully saturated rings. The van der Waals surface area contributed by atoms with E-state index in [2.05, 4.69) is 6.58 Å². The largest absolute Gasteiger partial charge is 0.445 e. The second-order valence-corrected chi connectivity index (χ2v) is 10.7. The van der Waals surface area contributed by atoms with E-state index in [1.165, 1.54) is 40.1 Å². The van der Waals surface area contributed by atoms with Crippen LogP contribution in [0.4, 0.5) is 15.3 Å². The number of nitro groups is 1. The van der Waals surface area contributed by atoms with Crippen molar-refractivity contribution in [1.29, 1.82) is 0 Å². The maximum absolute atomic E-state index is 13.6. The maximum atomic E-state index is 13.6. The van der Waals surface area contributed by atoms with Gasteiger partial charge >= 0.3 is 12.2 Å². The first-order valence-corrected chi connectivity index (χ1v) is 13.9. The highest BCUT2D eigenvalue weighted by Crippen LogP contribution is 2.32. The molecule has 2 saturated heterocycles. The van der Waals surface area contributed by atoms with E-state index in [1.807, 2.05) is 6.07 Å². The van der Waals surface area contributed by atoms with Crippen LogP contribution in [0.1, 0.15) is 22.3 Å². The van der Waals surface area contributed by atoms with Gasteiger partial charge < -0.3 is 19.3 Å². The van der Waals surface area contributed by atoms with Crippen LogP contribution in [0, 0.1) is 10.1 Å². The Balaban J connectivity index is 1.42. The fraction of sp³-hybridized carbons (Fsp3) is 0.357. The number of likely N-dealkylation sites (tertiary alicyclic amines) is 1. The molecule has 13 heteroatoms. The molecule has 2 aromatic rings. The van der Waals surface area contributed by atoms with E-state index < -0.39 is 23.2 Å². The molecule has 2 atom stereocenters. The van der Waals surface area contributed by atoms with Crippen molar-refractivity contribution < 1.29 is 33.6 Å². The lowest BCUT2D eigenvalue weighted by atomic mass is 10.1. The third-order valence-electron chi connectivity index (χ3n) is 6.75. The minimum Gasteiger partial charge on any atom is -0.445 e. The van der Waals surface area contributed by atoms with Crippen molar-refractivity contribution in [3.05, 3.63) is 88.5 Å². The molecule has 0 radical (unpaired) electrons. The Bertz CT molecular complexity index is 1280. The fourth-order valence-electron chi connectivity index (χ4n) is 4.60. The van der Waals surface area contributed by atoms with Crippen LogP contribution in [0.15, 0.2) is 67.3 Å². The van der Waals surface area contributed by atoms with Gasteiger partial charge in [-0.15, -0.1) is 0 Å². The van der Waals surface area contributed by atoms with Crippen molar-refractivity contribution in [1.82, 2.24) is 14.7 Å². The Kier molecular flexibility index (Phi) is 9.95. The Morgan fingerprint density at radius 1 is 0.951 bits per heavy atom. The van der Waals surface area contributed by atoms with Crippen LogP contribution in [0.2, 0.25) is 0 Å². The Labute approximate surface area is 241 Å². The molecule has 0 unspecified atom stereocenters. The highest BCUT2D eigenvalue weighted by atomic mass is 32.2. The fourth-order valence-corrected chi connectivity index (χ4v) is 5.68. The summed E-state index contributed by atoms with van der Waals surface area (Å²) in [4.78, 5) is 66.6. The van der Waals surface area contributed by atoms with Crippen molar-refractivity contribution >= 4 is 40.7 Å². The Hall–Kier alpha value is -4.39. The number of hydrogen-bond donors (Lipinski definition) is 0. The monoisotopic (exact) mass is 582 g/mol. The summed E-state index contributed by atoms with van der Waals surface area (Å²) in [6.07, 6.45) is 0.536. The average molecular weight is 583 g/mol. The number of piperazine rings is 1. The summed E-state index contributed by atoms with van der Waals surface area (Å²) in [5.41, 5.74) is 0.997. The molecular weight excluding hydrogens is 552 g/mol. The first kappa shape index (κ1) is 29.6. The highest BCUT2D eigenvalue weighted by Gasteiger charge is 2.44. The van der Waals surface area contributed by atoms with Gasteiger partial charge in [-0.05, 0) is 24.1 Å². The van der Waals surface area contributed by atoms with Crippen molar-refractivity contribution in [3.8, 4) is 0 Å². The molecule has 12 nitrogen and oxygen atoms in total. The molecule has 0 N–H and O–H groups in total. The molecule has 0 spiro atoms. The highest BCUT2D eigenvalue weighted by molar-refractivity contribution is 8.14. The van der Waals surface area contributed by atoms with Crippen LogP contribution in [0.3, 0.4) is 0 Å². The van der Waals surface area contributed by atoms with Crippen molar-refractivity contribution in [2.75, 3.05) is 39.3 Å². The zero-order valence-electron chi connectivity index (χ0n) is 22.3. The Morgan fingerprint density at radius 3 is 2.24 bits per heavy atom. The summed E-state index contributed by atoms with van der Waals surface area (Å²) in [5.74, 6) is -0.286. The summed E-state index contributed by atoms with van der Waals surface area (Å²) >= 11 is 1.08. The minimum atomic E-state index is -0.847. The molecule has 2 aromatic carbocycles. The van der Waals surface area contributed by atoms with E-state index in [4.69, 9.17) is 9.47 Å². The summed E-state index contributed by atoms with van der Waals surface area (Å²) in [6.45, 7) is 4.71. The number of rotatable bonds is 8. The van der Waals surface area contributed by atoms with Crippen LogP contribution in [0.25, 0.3) is 0 Å². The first-order chi connectivity index (χ1) is 19.8. The van der Waals surface area contributed by atoms with Gasteiger partial charge in [0, 0.05) is 55.7 Å². The molecule has 2 heterocycles. The number of nitrogens with zero attached hydrogens (tertiary/aromatic N) is 4. The van der Waals surface area contributed by atoms with E-state index >= 15 is 0 Å². The first-order valence-electron chi connectivity index (χ1n) is 13.0. The van der Waals surface area contributed by atoms with E-state index in [0.29, 0.717) is 11.1 Å². The van der Waals surface area contributed by atoms with Crippen LogP contribution in [-0.2, 0) is 20.9 Å². The number of nitro benzene ring substituents is 1. The minimum absolute atomic E-state index is 0.0812. The van der Waals surface area contributed by atoms with Crippen LogP contribution in [-0.4, -0.2) is 93.5 Å². The van der Waals surface area contributed by atoms with E-state index in [-0.39, 0.29) is 74.3 Å². The summed E-state index contributed by atoms with van der Waals surface area (Å²) in [6, 6.07) is 13.6. The molecule has 0 bridgehead atoms. The number of amides is 3. The molecule has 3 amide bonds. The number of carbonyl (C=O) groups excluding carboxylic acids is 4. The lowest BCUT2D eigenvalue weighted by Gasteiger charge is -2.36. The number of carbonyl (C=O) groups is 4. The average Bonchev–Trinajstić information content (AvgIpc) is 3.42. The lowest BCUT2D eigenvalue weighted by Crippen LogP contribution is -2.55. The standard InChI is InChI=1S/C28H30N4O8S/c1-2-16-39-27(35)30-14-12-29(13-15-30)25(33)24-17-23(41-26(34)21-6-4-3-5-7-21)18-31(24)28(36)40-19-20-8-10-22(11-9-20)32(37)38/h2-11,23-24H,1,12-19H2/t23-,24-/m0/s1. The van der Waals surface area contributed by atoms with Crippen molar-refractivity contribution in [3.63, 3.8) is 0 Å². The second kappa shape index (κ2) is 13.8. The number of thioether (sulfide) groups is 1. The van der Waals surface area contributed by atoms with Crippen LogP contribution < -0.4 is 0 Å². The van der Waals surface area contributed by atoms with Gasteiger partial charge in [-0.2, -0.15) is 0 Å². The summed E-state index contributed by atoms with van der Waals surface area (Å²) in [5, 5.41) is 10.4. The normalized spacial score (nSPS) is 18.5. The van der Waals surface area contributed by atoms with E-state index in [0.717, 1.165) is 11.8 Å². The topological polar surface area (TPSA) is 140 Å². The summed E-state index contributed by atoms with van der Waals surface area (Å²) < 4.78 is 10.6. The predicted molar refractivity (Wildman–Crippen MR) is 150 cm³/mol. The maximum Gasteiger partial charge on any atom is 0.410 e. The second-order valence-electron chi connectivity index (χ2n) is 9.45. The van der Waals surface area contributed by atoms with Gasteiger partial charge in [0.05, 0.1) is 4.92 Å². The molecule has 2 aliphatic rings. The zero-order chi connectivity index (χ0) is 29.4. The van der Waals surface area contributed by atoms with Crippen molar-refractivity contribution in [2.24, 2.45) is 0 Å². The molecule has 0 aliphatic carbocycles. The number of hydrogen-bond acceptors (Lipinski definition) is 9. The van der Waals surface area contributed by atoms with Gasteiger partial charge in [0.2, 0.25) is 11.0 Å². The van der Waals surface area contributed by atoms with Gasteiger partial charge in [0.15, 0.2) is 0 Å². The lowest BCUT2D eigenvalue weighted by molar-refractivity contribution is -0.384. The van der Waals surface area contributed by atoms with Gasteiger partial charge in [0.1, 0.15) is 19.3 Å². The third kappa shape index (κ3) is 7.63. The van der Waals surface area contributed by atoms with E-state index in [1.54, 1.807) is 29.2 Å². The third-order valence-corrected chi connectivity index (χ3v) is 7.87. The Morgan fingerprint density at radius 2 is 1.61 bits per heavy atom.